The van der Waals surface area contributed by atoms with Crippen molar-refractivity contribution in [2.45, 2.75) is 32.2 Å². The molecule has 0 bridgehead atoms. The summed E-state index contributed by atoms with van der Waals surface area (Å²) in [7, 11) is 0. The smallest absolute Gasteiger partial charge is 0.244 e. The number of benzene rings is 2. The van der Waals surface area contributed by atoms with E-state index in [1.165, 1.54) is 16.7 Å². The first kappa shape index (κ1) is 14.6. The molecule has 0 unspecified atom stereocenters. The lowest BCUT2D eigenvalue weighted by atomic mass is 9.88. The maximum absolute atomic E-state index is 12.2. The van der Waals surface area contributed by atoms with Crippen LogP contribution >= 0.6 is 0 Å². The van der Waals surface area contributed by atoms with Crippen LogP contribution in [0.15, 0.2) is 54.6 Å². The van der Waals surface area contributed by atoms with Crippen molar-refractivity contribution in [2.75, 3.05) is 0 Å². The van der Waals surface area contributed by atoms with Crippen LogP contribution in [0.2, 0.25) is 0 Å². The summed E-state index contributed by atoms with van der Waals surface area (Å²) < 4.78 is 0. The van der Waals surface area contributed by atoms with Gasteiger partial charge in [-0.2, -0.15) is 0 Å². The highest BCUT2D eigenvalue weighted by Gasteiger charge is 2.20. The molecule has 0 fully saturated rings. The van der Waals surface area contributed by atoms with Crippen molar-refractivity contribution in [3.8, 4) is 0 Å². The quantitative estimate of drug-likeness (QED) is 0.844. The number of nitrogens with one attached hydrogen (secondary N) is 1. The molecule has 0 saturated carbocycles. The number of amides is 1. The Hall–Kier alpha value is -2.35. The molecule has 2 aromatic carbocycles. The second-order valence-corrected chi connectivity index (χ2v) is 5.90. The third kappa shape index (κ3) is 3.45. The van der Waals surface area contributed by atoms with Gasteiger partial charge in [-0.05, 0) is 49.0 Å². The first-order chi connectivity index (χ1) is 10.7. The van der Waals surface area contributed by atoms with Crippen molar-refractivity contribution >= 4 is 12.0 Å². The zero-order valence-electron chi connectivity index (χ0n) is 12.9. The van der Waals surface area contributed by atoms with Crippen LogP contribution in [0.5, 0.6) is 0 Å². The molecule has 1 N–H and O–H groups in total. The summed E-state index contributed by atoms with van der Waals surface area (Å²) in [6, 6.07) is 16.7. The Bertz CT molecular complexity index is 685. The van der Waals surface area contributed by atoms with Gasteiger partial charge in [0.05, 0.1) is 6.04 Å². The monoisotopic (exact) mass is 291 g/mol. The van der Waals surface area contributed by atoms with E-state index in [-0.39, 0.29) is 11.9 Å². The molecule has 1 atom stereocenters. The van der Waals surface area contributed by atoms with E-state index in [0.29, 0.717) is 0 Å². The maximum Gasteiger partial charge on any atom is 0.244 e. The summed E-state index contributed by atoms with van der Waals surface area (Å²) in [5, 5.41) is 3.13. The first-order valence-corrected chi connectivity index (χ1v) is 7.85. The topological polar surface area (TPSA) is 29.1 Å². The van der Waals surface area contributed by atoms with E-state index in [0.717, 1.165) is 24.8 Å². The number of carbonyl (C=O) groups excluding carboxylic acids is 1. The van der Waals surface area contributed by atoms with Crippen LogP contribution in [0.4, 0.5) is 0 Å². The van der Waals surface area contributed by atoms with Crippen LogP contribution in [0, 0.1) is 6.92 Å². The normalized spacial score (nSPS) is 17.2. The zero-order valence-corrected chi connectivity index (χ0v) is 12.9. The molecule has 0 heterocycles. The van der Waals surface area contributed by atoms with Crippen LogP contribution in [-0.4, -0.2) is 5.91 Å². The molecule has 0 aliphatic heterocycles. The van der Waals surface area contributed by atoms with Gasteiger partial charge in [-0.1, -0.05) is 54.1 Å². The number of aryl methyl sites for hydroxylation is 2. The van der Waals surface area contributed by atoms with Gasteiger partial charge < -0.3 is 5.32 Å². The van der Waals surface area contributed by atoms with Crippen LogP contribution in [0.3, 0.4) is 0 Å². The van der Waals surface area contributed by atoms with E-state index in [2.05, 4.69) is 42.6 Å². The third-order valence-corrected chi connectivity index (χ3v) is 4.19. The Morgan fingerprint density at radius 2 is 1.91 bits per heavy atom. The molecule has 2 heteroatoms. The van der Waals surface area contributed by atoms with Gasteiger partial charge in [0.1, 0.15) is 0 Å². The molecule has 0 saturated heterocycles. The van der Waals surface area contributed by atoms with E-state index in [1.807, 2.05) is 24.3 Å². The van der Waals surface area contributed by atoms with E-state index in [1.54, 1.807) is 6.08 Å². The highest BCUT2D eigenvalue weighted by atomic mass is 16.1. The van der Waals surface area contributed by atoms with Crippen molar-refractivity contribution in [3.63, 3.8) is 0 Å². The molecular weight excluding hydrogens is 270 g/mol. The van der Waals surface area contributed by atoms with Gasteiger partial charge in [-0.25, -0.2) is 0 Å². The SMILES string of the molecule is Cc1ccc(/C=C/C(=O)N[C@H]2CCCc3ccccc32)cc1. The van der Waals surface area contributed by atoms with Gasteiger partial charge >= 0.3 is 0 Å². The van der Waals surface area contributed by atoms with Crippen molar-refractivity contribution in [1.82, 2.24) is 5.32 Å². The lowest BCUT2D eigenvalue weighted by Crippen LogP contribution is -2.29. The second-order valence-electron chi connectivity index (χ2n) is 5.90. The fraction of sp³-hybridized carbons (Fsp3) is 0.250. The molecule has 2 nitrogen and oxygen atoms in total. The van der Waals surface area contributed by atoms with Crippen molar-refractivity contribution in [3.05, 3.63) is 76.9 Å². The van der Waals surface area contributed by atoms with Gasteiger partial charge in [0, 0.05) is 6.08 Å². The van der Waals surface area contributed by atoms with E-state index in [4.69, 9.17) is 0 Å². The van der Waals surface area contributed by atoms with E-state index >= 15 is 0 Å². The largest absolute Gasteiger partial charge is 0.346 e. The Morgan fingerprint density at radius 3 is 2.73 bits per heavy atom. The number of fused-ring (bicyclic) bond motifs is 1. The van der Waals surface area contributed by atoms with Crippen molar-refractivity contribution in [1.29, 1.82) is 0 Å². The fourth-order valence-corrected chi connectivity index (χ4v) is 2.97. The number of hydrogen-bond acceptors (Lipinski definition) is 1. The fourth-order valence-electron chi connectivity index (χ4n) is 2.97. The van der Waals surface area contributed by atoms with Gasteiger partial charge in [0.25, 0.3) is 0 Å². The predicted octanol–water partition coefficient (Wildman–Crippen LogP) is 4.20. The first-order valence-electron chi connectivity index (χ1n) is 7.85. The van der Waals surface area contributed by atoms with Gasteiger partial charge in [-0.15, -0.1) is 0 Å². The molecule has 2 aromatic rings. The van der Waals surface area contributed by atoms with Crippen LogP contribution in [0.1, 0.15) is 41.1 Å². The molecule has 0 spiro atoms. The zero-order chi connectivity index (χ0) is 15.4. The van der Waals surface area contributed by atoms with Gasteiger partial charge in [-0.3, -0.25) is 4.79 Å². The van der Waals surface area contributed by atoms with Gasteiger partial charge in [0.2, 0.25) is 5.91 Å². The highest BCUT2D eigenvalue weighted by molar-refractivity contribution is 5.92. The Kier molecular flexibility index (Phi) is 4.38. The van der Waals surface area contributed by atoms with Crippen molar-refractivity contribution in [2.24, 2.45) is 0 Å². The van der Waals surface area contributed by atoms with E-state index in [9.17, 15) is 4.79 Å². The predicted molar refractivity (Wildman–Crippen MR) is 90.5 cm³/mol. The van der Waals surface area contributed by atoms with E-state index < -0.39 is 0 Å². The molecule has 1 amide bonds. The molecule has 0 aromatic heterocycles. The standard InChI is InChI=1S/C20H21NO/c1-15-9-11-16(12-10-15)13-14-20(22)21-19-8-4-6-17-5-2-3-7-18(17)19/h2-3,5,7,9-14,19H,4,6,8H2,1H3,(H,21,22)/b14-13+/t19-/m0/s1. The molecule has 1 aliphatic carbocycles. The minimum Gasteiger partial charge on any atom is -0.346 e. The number of hydrogen-bond donors (Lipinski definition) is 1. The third-order valence-electron chi connectivity index (χ3n) is 4.19. The molecule has 22 heavy (non-hydrogen) atoms. The number of carbonyl (C=O) groups is 1. The molecule has 1 aliphatic rings. The van der Waals surface area contributed by atoms with Crippen LogP contribution in [-0.2, 0) is 11.2 Å². The Balaban J connectivity index is 1.66. The average molecular weight is 291 g/mol. The Morgan fingerprint density at radius 1 is 1.14 bits per heavy atom. The Labute approximate surface area is 131 Å². The maximum atomic E-state index is 12.2. The molecule has 3 rings (SSSR count). The lowest BCUT2D eigenvalue weighted by molar-refractivity contribution is -0.117. The van der Waals surface area contributed by atoms with Crippen molar-refractivity contribution < 1.29 is 4.79 Å². The van der Waals surface area contributed by atoms with Crippen LogP contribution < -0.4 is 5.32 Å². The summed E-state index contributed by atoms with van der Waals surface area (Å²) in [5.74, 6) is -0.0257. The molecule has 0 radical (unpaired) electrons. The summed E-state index contributed by atoms with van der Waals surface area (Å²) in [5.41, 5.74) is 4.90. The molecular formula is C20H21NO. The number of rotatable bonds is 3. The minimum absolute atomic E-state index is 0.0257. The van der Waals surface area contributed by atoms with Crippen LogP contribution in [0.25, 0.3) is 6.08 Å². The summed E-state index contributed by atoms with van der Waals surface area (Å²) in [6.45, 7) is 2.06. The van der Waals surface area contributed by atoms with Gasteiger partial charge in [0.15, 0.2) is 0 Å². The summed E-state index contributed by atoms with van der Waals surface area (Å²) in [6.07, 6.45) is 6.75. The highest BCUT2D eigenvalue weighted by Crippen LogP contribution is 2.29. The average Bonchev–Trinajstić information content (AvgIpc) is 2.55. The summed E-state index contributed by atoms with van der Waals surface area (Å²) >= 11 is 0. The lowest BCUT2D eigenvalue weighted by Gasteiger charge is -2.25. The molecule has 112 valence electrons. The second kappa shape index (κ2) is 6.61. The minimum atomic E-state index is -0.0257. The summed E-state index contributed by atoms with van der Waals surface area (Å²) in [4.78, 5) is 12.2.